The van der Waals surface area contributed by atoms with Crippen molar-refractivity contribution in [2.24, 2.45) is 0 Å². The van der Waals surface area contributed by atoms with Gasteiger partial charge in [-0.2, -0.15) is 0 Å². The molecule has 1 atom stereocenters. The van der Waals surface area contributed by atoms with Crippen LogP contribution in [0.25, 0.3) is 0 Å². The number of ether oxygens (including phenoxy) is 5. The van der Waals surface area contributed by atoms with Gasteiger partial charge in [-0.3, -0.25) is 0 Å². The number of aliphatic hydroxyl groups is 2. The Balaban J connectivity index is 0. The fourth-order valence-electron chi connectivity index (χ4n) is 1.21. The van der Waals surface area contributed by atoms with Crippen molar-refractivity contribution in [2.75, 3.05) is 59.5 Å². The Hall–Kier alpha value is -1.78. The lowest BCUT2D eigenvalue weighted by Crippen LogP contribution is -2.20. The molecule has 0 aliphatic rings. The van der Waals surface area contributed by atoms with Crippen LogP contribution in [0.1, 0.15) is 6.92 Å². The Morgan fingerprint density at radius 3 is 1.65 bits per heavy atom. The van der Waals surface area contributed by atoms with Crippen LogP contribution in [0.3, 0.4) is 0 Å². The largest absolute Gasteiger partial charge is 0.459 e. The van der Waals surface area contributed by atoms with Crippen molar-refractivity contribution in [2.45, 2.75) is 13.0 Å². The Bertz CT molecular complexity index is 361. The van der Waals surface area contributed by atoms with Crippen LogP contribution in [0, 0.1) is 0 Å². The molecular formula is C17H30O9. The highest BCUT2D eigenvalue weighted by Gasteiger charge is 2.07. The molecule has 0 aromatic heterocycles. The normalized spacial score (nSPS) is 10.9. The number of esters is 2. The Labute approximate surface area is 154 Å². The summed E-state index contributed by atoms with van der Waals surface area (Å²) in [6.07, 6.45) is 1.61. The van der Waals surface area contributed by atoms with Gasteiger partial charge in [0, 0.05) is 12.2 Å². The van der Waals surface area contributed by atoms with E-state index in [0.717, 1.165) is 12.2 Å². The minimum atomic E-state index is -0.540. The smallest absolute Gasteiger partial charge is 0.330 e. The summed E-state index contributed by atoms with van der Waals surface area (Å²) in [5.41, 5.74) is 0. The maximum Gasteiger partial charge on any atom is 0.330 e. The maximum atomic E-state index is 10.6. The number of aliphatic hydroxyl groups excluding tert-OH is 2. The molecule has 26 heavy (non-hydrogen) atoms. The lowest BCUT2D eigenvalue weighted by molar-refractivity contribution is -0.151. The van der Waals surface area contributed by atoms with E-state index in [0.29, 0.717) is 39.6 Å². The van der Waals surface area contributed by atoms with Gasteiger partial charge >= 0.3 is 11.9 Å². The highest BCUT2D eigenvalue weighted by molar-refractivity contribution is 5.82. The Morgan fingerprint density at radius 2 is 1.27 bits per heavy atom. The van der Waals surface area contributed by atoms with Gasteiger partial charge in [-0.15, -0.1) is 0 Å². The summed E-state index contributed by atoms with van der Waals surface area (Å²) in [6, 6.07) is 0. The highest BCUT2D eigenvalue weighted by Crippen LogP contribution is 1.94. The third-order valence-corrected chi connectivity index (χ3v) is 2.33. The molecule has 0 aromatic carbocycles. The lowest BCUT2D eigenvalue weighted by atomic mass is 10.4. The van der Waals surface area contributed by atoms with Gasteiger partial charge in [-0.1, -0.05) is 13.2 Å². The maximum absolute atomic E-state index is 10.6. The van der Waals surface area contributed by atoms with Crippen molar-refractivity contribution in [3.63, 3.8) is 0 Å². The van der Waals surface area contributed by atoms with Crippen LogP contribution < -0.4 is 0 Å². The fourth-order valence-corrected chi connectivity index (χ4v) is 1.21. The lowest BCUT2D eigenvalue weighted by Gasteiger charge is -2.10. The molecule has 0 saturated heterocycles. The molecule has 0 fully saturated rings. The van der Waals surface area contributed by atoms with Crippen molar-refractivity contribution in [3.05, 3.63) is 25.3 Å². The van der Waals surface area contributed by atoms with E-state index >= 15 is 0 Å². The average molecular weight is 378 g/mol. The van der Waals surface area contributed by atoms with Crippen molar-refractivity contribution < 1.29 is 43.5 Å². The third-order valence-electron chi connectivity index (χ3n) is 2.33. The average Bonchev–Trinajstić information content (AvgIpc) is 2.65. The predicted molar refractivity (Wildman–Crippen MR) is 93.5 cm³/mol. The van der Waals surface area contributed by atoms with E-state index in [9.17, 15) is 9.59 Å². The van der Waals surface area contributed by atoms with E-state index in [4.69, 9.17) is 29.2 Å². The second kappa shape index (κ2) is 21.3. The minimum absolute atomic E-state index is 0.0183. The molecule has 0 aliphatic carbocycles. The summed E-state index contributed by atoms with van der Waals surface area (Å²) in [5, 5.41) is 16.7. The topological polar surface area (TPSA) is 121 Å². The molecule has 0 bridgehead atoms. The van der Waals surface area contributed by atoms with Crippen molar-refractivity contribution in [1.82, 2.24) is 0 Å². The van der Waals surface area contributed by atoms with Gasteiger partial charge in [0.1, 0.15) is 12.7 Å². The molecule has 0 spiro atoms. The van der Waals surface area contributed by atoms with E-state index in [-0.39, 0.29) is 19.8 Å². The van der Waals surface area contributed by atoms with Crippen LogP contribution in [0.5, 0.6) is 0 Å². The molecule has 1 unspecified atom stereocenters. The molecule has 9 nitrogen and oxygen atoms in total. The quantitative estimate of drug-likeness (QED) is 0.228. The first-order valence-electron chi connectivity index (χ1n) is 8.08. The van der Waals surface area contributed by atoms with E-state index in [1.54, 1.807) is 6.92 Å². The SMILES string of the molecule is C=CC(=O)OCC(C)OC(=O)C=C.OCCOCCOCCOCCO. The number of hydrogen-bond donors (Lipinski definition) is 2. The van der Waals surface area contributed by atoms with Crippen LogP contribution in [0.15, 0.2) is 25.3 Å². The molecule has 0 radical (unpaired) electrons. The van der Waals surface area contributed by atoms with Gasteiger partial charge in [-0.25, -0.2) is 9.59 Å². The second-order valence-electron chi connectivity index (χ2n) is 4.57. The van der Waals surface area contributed by atoms with E-state index in [1.165, 1.54) is 0 Å². The van der Waals surface area contributed by atoms with E-state index in [2.05, 4.69) is 17.9 Å². The number of rotatable bonds is 15. The van der Waals surface area contributed by atoms with Crippen molar-refractivity contribution in [3.8, 4) is 0 Å². The molecule has 152 valence electrons. The van der Waals surface area contributed by atoms with E-state index in [1.807, 2.05) is 0 Å². The first kappa shape index (κ1) is 26.4. The summed E-state index contributed by atoms with van der Waals surface area (Å²) in [5.74, 6) is -1.08. The van der Waals surface area contributed by atoms with Gasteiger partial charge in [0.2, 0.25) is 0 Å². The van der Waals surface area contributed by atoms with Crippen molar-refractivity contribution >= 4 is 11.9 Å². The van der Waals surface area contributed by atoms with Crippen LogP contribution >= 0.6 is 0 Å². The molecule has 0 amide bonds. The molecular weight excluding hydrogens is 348 g/mol. The van der Waals surface area contributed by atoms with Gasteiger partial charge in [0.05, 0.1) is 52.9 Å². The summed E-state index contributed by atoms with van der Waals surface area (Å²) < 4.78 is 24.4. The molecule has 0 heterocycles. The van der Waals surface area contributed by atoms with E-state index < -0.39 is 18.0 Å². The summed E-state index contributed by atoms with van der Waals surface area (Å²) in [4.78, 5) is 21.2. The third kappa shape index (κ3) is 22.2. The van der Waals surface area contributed by atoms with Crippen LogP contribution in [0.2, 0.25) is 0 Å². The standard InChI is InChI=1S/C9H12O4.C8H18O5/c1-4-8(10)12-6-7(3)13-9(11)5-2;9-1-3-11-5-7-13-8-6-12-4-2-10/h4-5,7H,1-2,6H2,3H3;9-10H,1-8H2. The number of hydrogen-bond acceptors (Lipinski definition) is 9. The van der Waals surface area contributed by atoms with Gasteiger partial charge in [0.15, 0.2) is 0 Å². The van der Waals surface area contributed by atoms with Crippen LogP contribution in [-0.4, -0.2) is 87.7 Å². The van der Waals surface area contributed by atoms with Crippen LogP contribution in [0.4, 0.5) is 0 Å². The monoisotopic (exact) mass is 378 g/mol. The minimum Gasteiger partial charge on any atom is -0.459 e. The molecule has 2 N–H and O–H groups in total. The predicted octanol–water partition coefficient (Wildman–Crippen LogP) is -0.146. The first-order valence-corrected chi connectivity index (χ1v) is 8.08. The molecule has 0 rings (SSSR count). The zero-order valence-corrected chi connectivity index (χ0v) is 15.3. The fraction of sp³-hybridized carbons (Fsp3) is 0.647. The molecule has 9 heteroatoms. The molecule has 0 aromatic rings. The summed E-state index contributed by atoms with van der Waals surface area (Å²) >= 11 is 0. The molecule has 0 saturated carbocycles. The number of carbonyl (C=O) groups is 2. The second-order valence-corrected chi connectivity index (χ2v) is 4.57. The molecule has 0 aliphatic heterocycles. The Morgan fingerprint density at radius 1 is 0.846 bits per heavy atom. The zero-order chi connectivity index (χ0) is 20.0. The van der Waals surface area contributed by atoms with Crippen molar-refractivity contribution in [1.29, 1.82) is 0 Å². The Kier molecular flexibility index (Phi) is 21.6. The first-order chi connectivity index (χ1) is 12.5. The van der Waals surface area contributed by atoms with Crippen LogP contribution in [-0.2, 0) is 33.3 Å². The summed E-state index contributed by atoms with van der Waals surface area (Å²) in [7, 11) is 0. The summed E-state index contributed by atoms with van der Waals surface area (Å²) in [6.45, 7) is 10.8. The zero-order valence-electron chi connectivity index (χ0n) is 15.3. The van der Waals surface area contributed by atoms with Gasteiger partial charge in [-0.05, 0) is 6.92 Å². The number of carbonyl (C=O) groups excluding carboxylic acids is 2. The highest BCUT2D eigenvalue weighted by atomic mass is 16.6. The van der Waals surface area contributed by atoms with Gasteiger partial charge < -0.3 is 33.9 Å². The van der Waals surface area contributed by atoms with Gasteiger partial charge in [0.25, 0.3) is 0 Å².